The lowest BCUT2D eigenvalue weighted by molar-refractivity contribution is 0.0974. The Morgan fingerprint density at radius 1 is 1.16 bits per heavy atom. The Morgan fingerprint density at radius 3 is 2.68 bits per heavy atom. The molecule has 3 aromatic rings. The number of sulfonamides is 1. The van der Waals surface area contributed by atoms with E-state index in [1.54, 1.807) is 32.5 Å². The van der Waals surface area contributed by atoms with Crippen LogP contribution >= 0.6 is 0 Å². The van der Waals surface area contributed by atoms with Gasteiger partial charge in [-0.15, -0.1) is 0 Å². The number of carbonyl (C=O) groups excluding carboxylic acids is 1. The summed E-state index contributed by atoms with van der Waals surface area (Å²) in [6.45, 7) is 2.70. The zero-order valence-electron chi connectivity index (χ0n) is 17.8. The number of aryl methyl sites for hydroxylation is 2. The quantitative estimate of drug-likeness (QED) is 0.579. The SMILES string of the molecule is COCCN(CCc1ccncc1)S(=O)(=O)c1cc2[nH]c3c(c2cc1C)C(=O)CCC3. The van der Waals surface area contributed by atoms with Crippen LogP contribution in [0.4, 0.5) is 0 Å². The molecule has 0 atom stereocenters. The molecule has 0 aliphatic heterocycles. The number of Topliss-reactive ketones (excluding diaryl/α,β-unsaturated/α-hetero) is 1. The lowest BCUT2D eigenvalue weighted by Gasteiger charge is -2.23. The van der Waals surface area contributed by atoms with E-state index < -0.39 is 10.0 Å². The number of benzene rings is 1. The topological polar surface area (TPSA) is 92.4 Å². The summed E-state index contributed by atoms with van der Waals surface area (Å²) in [5.41, 5.74) is 4.00. The van der Waals surface area contributed by atoms with Gasteiger partial charge >= 0.3 is 0 Å². The van der Waals surface area contributed by atoms with Gasteiger partial charge < -0.3 is 9.72 Å². The molecule has 1 N–H and O–H groups in total. The number of nitrogens with zero attached hydrogens (tertiary/aromatic N) is 2. The van der Waals surface area contributed by atoms with Crippen LogP contribution in [0.25, 0.3) is 10.9 Å². The number of methoxy groups -OCH3 is 1. The van der Waals surface area contributed by atoms with E-state index in [1.807, 2.05) is 18.2 Å². The van der Waals surface area contributed by atoms with E-state index in [0.29, 0.717) is 37.1 Å². The molecule has 0 radical (unpaired) electrons. The minimum Gasteiger partial charge on any atom is -0.383 e. The molecule has 4 rings (SSSR count). The van der Waals surface area contributed by atoms with E-state index in [-0.39, 0.29) is 17.2 Å². The molecule has 8 heteroatoms. The Labute approximate surface area is 182 Å². The molecule has 7 nitrogen and oxygen atoms in total. The number of carbonyl (C=O) groups is 1. The van der Waals surface area contributed by atoms with Gasteiger partial charge in [-0.25, -0.2) is 8.42 Å². The van der Waals surface area contributed by atoms with Crippen molar-refractivity contribution >= 4 is 26.7 Å². The second-order valence-corrected chi connectivity index (χ2v) is 9.83. The molecule has 0 bridgehead atoms. The van der Waals surface area contributed by atoms with Crippen molar-refractivity contribution < 1.29 is 17.9 Å². The van der Waals surface area contributed by atoms with Gasteiger partial charge in [0.05, 0.1) is 11.5 Å². The normalized spacial score (nSPS) is 14.4. The Hall–Kier alpha value is -2.55. The molecular formula is C23H27N3O4S. The molecular weight excluding hydrogens is 414 g/mol. The lowest BCUT2D eigenvalue weighted by Crippen LogP contribution is -2.36. The van der Waals surface area contributed by atoms with Crippen LogP contribution in [0, 0.1) is 6.92 Å². The Balaban J connectivity index is 1.70. The van der Waals surface area contributed by atoms with Crippen molar-refractivity contribution in [3.8, 4) is 0 Å². The van der Waals surface area contributed by atoms with Gasteiger partial charge in [-0.3, -0.25) is 9.78 Å². The van der Waals surface area contributed by atoms with Crippen molar-refractivity contribution in [2.75, 3.05) is 26.8 Å². The highest BCUT2D eigenvalue weighted by Crippen LogP contribution is 2.33. The summed E-state index contributed by atoms with van der Waals surface area (Å²) >= 11 is 0. The lowest BCUT2D eigenvalue weighted by atomic mass is 9.94. The number of H-pyrrole nitrogens is 1. The van der Waals surface area contributed by atoms with Crippen LogP contribution in [-0.2, 0) is 27.6 Å². The van der Waals surface area contributed by atoms with Crippen LogP contribution < -0.4 is 0 Å². The number of aromatic nitrogens is 2. The summed E-state index contributed by atoms with van der Waals surface area (Å²) in [4.78, 5) is 20.0. The molecule has 164 valence electrons. The number of rotatable bonds is 8. The molecule has 0 unspecified atom stereocenters. The van der Waals surface area contributed by atoms with Crippen LogP contribution in [0.5, 0.6) is 0 Å². The van der Waals surface area contributed by atoms with Crippen LogP contribution in [0.2, 0.25) is 0 Å². The predicted molar refractivity (Wildman–Crippen MR) is 119 cm³/mol. The summed E-state index contributed by atoms with van der Waals surface area (Å²) in [5.74, 6) is 0.126. The van der Waals surface area contributed by atoms with Crippen LogP contribution in [0.15, 0.2) is 41.6 Å². The number of ether oxygens (including phenoxy) is 1. The van der Waals surface area contributed by atoms with Gasteiger partial charge in [-0.1, -0.05) is 0 Å². The molecule has 0 saturated carbocycles. The molecule has 2 aromatic heterocycles. The molecule has 31 heavy (non-hydrogen) atoms. The number of fused-ring (bicyclic) bond motifs is 3. The zero-order valence-corrected chi connectivity index (χ0v) is 18.7. The Morgan fingerprint density at radius 2 is 1.94 bits per heavy atom. The highest BCUT2D eigenvalue weighted by molar-refractivity contribution is 7.89. The number of hydrogen-bond donors (Lipinski definition) is 1. The van der Waals surface area contributed by atoms with Crippen molar-refractivity contribution in [2.24, 2.45) is 0 Å². The number of ketones is 1. The highest BCUT2D eigenvalue weighted by Gasteiger charge is 2.29. The first-order chi connectivity index (χ1) is 14.9. The third-order valence-electron chi connectivity index (χ3n) is 5.84. The van der Waals surface area contributed by atoms with Gasteiger partial charge in [0.2, 0.25) is 10.0 Å². The minimum atomic E-state index is -3.75. The van der Waals surface area contributed by atoms with Crippen molar-refractivity contribution in [1.29, 1.82) is 0 Å². The maximum atomic E-state index is 13.6. The monoisotopic (exact) mass is 441 g/mol. The maximum absolute atomic E-state index is 13.6. The van der Waals surface area contributed by atoms with Gasteiger partial charge in [-0.05, 0) is 61.6 Å². The van der Waals surface area contributed by atoms with Gasteiger partial charge in [-0.2, -0.15) is 4.31 Å². The highest BCUT2D eigenvalue weighted by atomic mass is 32.2. The second-order valence-electron chi connectivity index (χ2n) is 7.92. The largest absolute Gasteiger partial charge is 0.383 e. The first kappa shape index (κ1) is 21.7. The van der Waals surface area contributed by atoms with E-state index in [9.17, 15) is 13.2 Å². The number of nitrogens with one attached hydrogen (secondary N) is 1. The summed E-state index contributed by atoms with van der Waals surface area (Å²) in [6, 6.07) is 7.29. The third kappa shape index (κ3) is 4.28. The van der Waals surface area contributed by atoms with Gasteiger partial charge in [0, 0.05) is 61.2 Å². The summed E-state index contributed by atoms with van der Waals surface area (Å²) in [7, 11) is -2.19. The first-order valence-electron chi connectivity index (χ1n) is 10.5. The van der Waals surface area contributed by atoms with Crippen LogP contribution in [-0.4, -0.2) is 55.3 Å². The van der Waals surface area contributed by atoms with Crippen molar-refractivity contribution in [2.45, 2.75) is 37.5 Å². The number of pyridine rings is 1. The van der Waals surface area contributed by atoms with Crippen molar-refractivity contribution in [3.63, 3.8) is 0 Å². The predicted octanol–water partition coefficient (Wildman–Crippen LogP) is 3.27. The van der Waals surface area contributed by atoms with Gasteiger partial charge in [0.15, 0.2) is 5.78 Å². The van der Waals surface area contributed by atoms with Gasteiger partial charge in [0.1, 0.15) is 0 Å². The second kappa shape index (κ2) is 8.90. The number of hydrogen-bond acceptors (Lipinski definition) is 5. The molecule has 1 aliphatic rings. The van der Waals surface area contributed by atoms with Crippen LogP contribution in [0.3, 0.4) is 0 Å². The third-order valence-corrected chi connectivity index (χ3v) is 7.88. The maximum Gasteiger partial charge on any atom is 0.243 e. The average molecular weight is 442 g/mol. The number of aromatic amines is 1. The van der Waals surface area contributed by atoms with E-state index in [2.05, 4.69) is 9.97 Å². The minimum absolute atomic E-state index is 0.126. The van der Waals surface area contributed by atoms with Crippen LogP contribution in [0.1, 0.15) is 40.0 Å². The molecule has 0 fully saturated rings. The average Bonchev–Trinajstić information content (AvgIpc) is 3.12. The smallest absolute Gasteiger partial charge is 0.243 e. The van der Waals surface area contributed by atoms with E-state index >= 15 is 0 Å². The molecule has 0 amide bonds. The molecule has 2 heterocycles. The fourth-order valence-electron chi connectivity index (χ4n) is 4.21. The molecule has 0 saturated heterocycles. The fourth-order valence-corrected chi connectivity index (χ4v) is 5.87. The summed E-state index contributed by atoms with van der Waals surface area (Å²) in [5, 5.41) is 0.816. The van der Waals surface area contributed by atoms with Crippen molar-refractivity contribution in [3.05, 3.63) is 59.0 Å². The Kier molecular flexibility index (Phi) is 6.22. The van der Waals surface area contributed by atoms with E-state index in [4.69, 9.17) is 4.74 Å². The Bertz CT molecular complexity index is 1200. The first-order valence-corrected chi connectivity index (χ1v) is 11.9. The fraction of sp³-hybridized carbons (Fsp3) is 0.391. The summed E-state index contributed by atoms with van der Waals surface area (Å²) < 4.78 is 33.9. The zero-order chi connectivity index (χ0) is 22.0. The van der Waals surface area contributed by atoms with Gasteiger partial charge in [0.25, 0.3) is 0 Å². The van der Waals surface area contributed by atoms with Crippen molar-refractivity contribution in [1.82, 2.24) is 14.3 Å². The molecule has 1 aromatic carbocycles. The standard InChI is InChI=1S/C23H27N3O4S/c1-16-14-18-20(25-19-4-3-5-21(27)23(18)19)15-22(16)31(28,29)26(12-13-30-2)11-8-17-6-9-24-10-7-17/h6-7,9-10,14-15,25H,3-5,8,11-13H2,1-2H3. The summed E-state index contributed by atoms with van der Waals surface area (Å²) in [6.07, 6.45) is 6.16. The van der Waals surface area contributed by atoms with E-state index in [0.717, 1.165) is 35.0 Å². The molecule has 0 spiro atoms. The molecule has 1 aliphatic carbocycles. The van der Waals surface area contributed by atoms with E-state index in [1.165, 1.54) is 4.31 Å².